The summed E-state index contributed by atoms with van der Waals surface area (Å²) >= 11 is 1.72. The van der Waals surface area contributed by atoms with Crippen molar-refractivity contribution in [1.29, 1.82) is 0 Å². The van der Waals surface area contributed by atoms with Crippen molar-refractivity contribution in [3.63, 3.8) is 0 Å². The molecule has 1 heterocycles. The fourth-order valence-electron chi connectivity index (χ4n) is 7.12. The lowest BCUT2D eigenvalue weighted by atomic mass is 9.63. The molecule has 2 aromatic rings. The van der Waals surface area contributed by atoms with E-state index in [2.05, 4.69) is 45.9 Å². The standard InChI is InChI=1S/C33H50BNO2S/c1-32(2)17-18-33(3,4)28-22-26(14-15-27(28)32)29-30(34)38-31(35-29)25-12-7-10-23(11-8-13-25)21-24(16-20-37)9-5-6-19-36/h14-15,22-25,36-37H,5-13,16-21H2,1-4H3. The van der Waals surface area contributed by atoms with Gasteiger partial charge in [-0.15, -0.1) is 11.3 Å². The number of unbranched alkanes of at least 4 members (excludes halogenated alkanes) is 1. The fourth-order valence-corrected chi connectivity index (χ4v) is 8.15. The van der Waals surface area contributed by atoms with Crippen LogP contribution in [0, 0.1) is 11.8 Å². The van der Waals surface area contributed by atoms with Gasteiger partial charge < -0.3 is 10.2 Å². The first kappa shape index (κ1) is 29.8. The van der Waals surface area contributed by atoms with Crippen molar-refractivity contribution in [3.05, 3.63) is 34.3 Å². The lowest BCUT2D eigenvalue weighted by Crippen LogP contribution is -2.33. The quantitative estimate of drug-likeness (QED) is 0.244. The van der Waals surface area contributed by atoms with Crippen molar-refractivity contribution in [1.82, 2.24) is 4.98 Å². The van der Waals surface area contributed by atoms with Crippen LogP contribution in [0.1, 0.15) is 133 Å². The van der Waals surface area contributed by atoms with E-state index in [9.17, 15) is 5.11 Å². The van der Waals surface area contributed by atoms with Crippen molar-refractivity contribution < 1.29 is 10.2 Å². The minimum atomic E-state index is 0.180. The van der Waals surface area contributed by atoms with Crippen molar-refractivity contribution >= 4 is 24.0 Å². The normalized spacial score (nSPS) is 23.8. The van der Waals surface area contributed by atoms with Crippen LogP contribution in [0.3, 0.4) is 0 Å². The maximum Gasteiger partial charge on any atom is 0.132 e. The van der Waals surface area contributed by atoms with E-state index in [4.69, 9.17) is 17.9 Å². The molecule has 3 nitrogen and oxygen atoms in total. The second kappa shape index (κ2) is 13.0. The molecule has 4 rings (SSSR count). The summed E-state index contributed by atoms with van der Waals surface area (Å²) in [5, 5.41) is 19.9. The van der Waals surface area contributed by atoms with Gasteiger partial charge in [0.25, 0.3) is 0 Å². The molecule has 1 aromatic carbocycles. The number of benzene rings is 1. The molecule has 0 aliphatic heterocycles. The topological polar surface area (TPSA) is 53.4 Å². The Kier molecular flexibility index (Phi) is 10.2. The molecule has 0 saturated heterocycles. The molecule has 2 aliphatic rings. The summed E-state index contributed by atoms with van der Waals surface area (Å²) < 4.78 is 0.863. The first-order valence-electron chi connectivity index (χ1n) is 15.3. The van der Waals surface area contributed by atoms with E-state index < -0.39 is 0 Å². The summed E-state index contributed by atoms with van der Waals surface area (Å²) in [5.41, 5.74) is 5.51. The number of aliphatic hydroxyl groups is 2. The molecule has 208 valence electrons. The lowest BCUT2D eigenvalue weighted by Gasteiger charge is -2.42. The van der Waals surface area contributed by atoms with Gasteiger partial charge in [0.1, 0.15) is 7.85 Å². The van der Waals surface area contributed by atoms with Crippen molar-refractivity contribution in [2.45, 2.75) is 128 Å². The SMILES string of the molecule is [B]c1sc(C2CCCC(CC(CCO)CCCCO)CCC2)nc1-c1ccc2c(c1)C(C)(C)CCC2(C)C. The molecule has 0 amide bonds. The molecule has 5 heteroatoms. The smallest absolute Gasteiger partial charge is 0.132 e. The zero-order chi connectivity index (χ0) is 27.3. The Hall–Kier alpha value is -1.17. The Bertz CT molecular complexity index is 1040. The van der Waals surface area contributed by atoms with Crippen molar-refractivity contribution in [2.75, 3.05) is 13.2 Å². The summed E-state index contributed by atoms with van der Waals surface area (Å²) in [7, 11) is 6.62. The van der Waals surface area contributed by atoms with Gasteiger partial charge in [-0.3, -0.25) is 0 Å². The zero-order valence-corrected chi connectivity index (χ0v) is 25.2. The highest BCUT2D eigenvalue weighted by molar-refractivity contribution is 7.20. The van der Waals surface area contributed by atoms with Gasteiger partial charge >= 0.3 is 0 Å². The van der Waals surface area contributed by atoms with Crippen molar-refractivity contribution in [3.8, 4) is 11.3 Å². The minimum absolute atomic E-state index is 0.180. The van der Waals surface area contributed by atoms with E-state index in [1.807, 2.05) is 0 Å². The molecule has 1 saturated carbocycles. The first-order valence-corrected chi connectivity index (χ1v) is 16.1. The van der Waals surface area contributed by atoms with Crippen LogP contribution in [0.25, 0.3) is 11.3 Å². The summed E-state index contributed by atoms with van der Waals surface area (Å²) in [4.78, 5) is 5.19. The van der Waals surface area contributed by atoms with Crippen LogP contribution >= 0.6 is 11.3 Å². The predicted molar refractivity (Wildman–Crippen MR) is 163 cm³/mol. The first-order chi connectivity index (χ1) is 18.1. The van der Waals surface area contributed by atoms with Crippen LogP contribution in [0.2, 0.25) is 0 Å². The average Bonchev–Trinajstić information content (AvgIpc) is 3.25. The Morgan fingerprint density at radius 1 is 0.921 bits per heavy atom. The lowest BCUT2D eigenvalue weighted by molar-refractivity contribution is 0.210. The predicted octanol–water partition coefficient (Wildman–Crippen LogP) is 7.56. The van der Waals surface area contributed by atoms with E-state index in [-0.39, 0.29) is 24.0 Å². The molecule has 1 fully saturated rings. The van der Waals surface area contributed by atoms with Crippen LogP contribution in [-0.4, -0.2) is 36.3 Å². The van der Waals surface area contributed by atoms with Gasteiger partial charge in [0.05, 0.1) is 10.7 Å². The summed E-state index contributed by atoms with van der Waals surface area (Å²) in [6.07, 6.45) is 15.1. The molecule has 2 aliphatic carbocycles. The number of aromatic nitrogens is 1. The Balaban J connectivity index is 1.42. The van der Waals surface area contributed by atoms with Gasteiger partial charge in [-0.05, 0) is 89.6 Å². The molecule has 2 N–H and O–H groups in total. The second-order valence-electron chi connectivity index (χ2n) is 13.6. The van der Waals surface area contributed by atoms with Crippen LogP contribution < -0.4 is 4.78 Å². The van der Waals surface area contributed by atoms with Crippen LogP contribution in [0.5, 0.6) is 0 Å². The van der Waals surface area contributed by atoms with Crippen LogP contribution in [-0.2, 0) is 10.8 Å². The number of nitrogens with zero attached hydrogens (tertiary/aromatic N) is 1. The third kappa shape index (κ3) is 7.12. The largest absolute Gasteiger partial charge is 0.396 e. The van der Waals surface area contributed by atoms with E-state index in [1.54, 1.807) is 11.3 Å². The van der Waals surface area contributed by atoms with Crippen LogP contribution in [0.4, 0.5) is 0 Å². The maximum atomic E-state index is 9.53. The van der Waals surface area contributed by atoms with Gasteiger partial charge in [0.2, 0.25) is 0 Å². The van der Waals surface area contributed by atoms with Gasteiger partial charge in [0, 0.05) is 24.7 Å². The second-order valence-corrected chi connectivity index (χ2v) is 14.6. The highest BCUT2D eigenvalue weighted by atomic mass is 32.1. The fraction of sp³-hybridized carbons (Fsp3) is 0.727. The van der Waals surface area contributed by atoms with Gasteiger partial charge in [-0.25, -0.2) is 4.98 Å². The number of hydrogen-bond acceptors (Lipinski definition) is 4. The molecule has 0 spiro atoms. The summed E-state index contributed by atoms with van der Waals surface area (Å²) in [6.45, 7) is 10.1. The molecule has 1 atom stereocenters. The highest BCUT2D eigenvalue weighted by Gasteiger charge is 2.37. The average molecular weight is 536 g/mol. The Morgan fingerprint density at radius 2 is 1.61 bits per heavy atom. The minimum Gasteiger partial charge on any atom is -0.396 e. The van der Waals surface area contributed by atoms with E-state index in [1.165, 1.54) is 79.5 Å². The van der Waals surface area contributed by atoms with Gasteiger partial charge in [-0.1, -0.05) is 78.4 Å². The summed E-state index contributed by atoms with van der Waals surface area (Å²) in [5.74, 6) is 1.88. The van der Waals surface area contributed by atoms with Gasteiger partial charge in [0.15, 0.2) is 0 Å². The van der Waals surface area contributed by atoms with Crippen LogP contribution in [0.15, 0.2) is 18.2 Å². The van der Waals surface area contributed by atoms with Crippen molar-refractivity contribution in [2.24, 2.45) is 11.8 Å². The Morgan fingerprint density at radius 3 is 2.26 bits per heavy atom. The molecule has 1 aromatic heterocycles. The molecular formula is C33H50BNO2S. The van der Waals surface area contributed by atoms with E-state index >= 15 is 0 Å². The number of fused-ring (bicyclic) bond motifs is 1. The monoisotopic (exact) mass is 535 g/mol. The molecule has 2 radical (unpaired) electrons. The highest BCUT2D eigenvalue weighted by Crippen LogP contribution is 2.47. The van der Waals surface area contributed by atoms with E-state index in [0.717, 1.165) is 42.1 Å². The zero-order valence-electron chi connectivity index (χ0n) is 24.4. The number of hydrogen-bond donors (Lipinski definition) is 2. The third-order valence-corrected chi connectivity index (χ3v) is 10.7. The molecule has 38 heavy (non-hydrogen) atoms. The number of rotatable bonds is 10. The Labute approximate surface area is 237 Å². The molecular weight excluding hydrogens is 485 g/mol. The number of aliphatic hydroxyl groups excluding tert-OH is 2. The van der Waals surface area contributed by atoms with E-state index in [0.29, 0.717) is 11.8 Å². The summed E-state index contributed by atoms with van der Waals surface area (Å²) in [6, 6.07) is 6.98. The molecule has 1 unspecified atom stereocenters. The number of thiazole rings is 1. The molecule has 0 bridgehead atoms. The third-order valence-electron chi connectivity index (χ3n) is 9.70. The maximum absolute atomic E-state index is 9.53. The van der Waals surface area contributed by atoms with Gasteiger partial charge in [-0.2, -0.15) is 0 Å².